The van der Waals surface area contributed by atoms with Crippen LogP contribution in [0.1, 0.15) is 32.8 Å². The third-order valence-corrected chi connectivity index (χ3v) is 7.62. The summed E-state index contributed by atoms with van der Waals surface area (Å²) in [5, 5.41) is 3.19. The molecule has 3 rings (SSSR count). The highest BCUT2D eigenvalue weighted by Crippen LogP contribution is 2.28. The molecule has 7 heteroatoms. The molecule has 1 unspecified atom stereocenters. The number of amides is 1. The summed E-state index contributed by atoms with van der Waals surface area (Å²) in [6, 6.07) is 15.3. The number of halogens is 1. The van der Waals surface area contributed by atoms with Gasteiger partial charge in [-0.1, -0.05) is 48.0 Å². The molecule has 0 saturated heterocycles. The van der Waals surface area contributed by atoms with Gasteiger partial charge in [0.2, 0.25) is 5.91 Å². The predicted molar refractivity (Wildman–Crippen MR) is 119 cm³/mol. The Morgan fingerprint density at radius 3 is 2.37 bits per heavy atom. The molecule has 1 aliphatic heterocycles. The fourth-order valence-corrected chi connectivity index (χ4v) is 4.45. The van der Waals surface area contributed by atoms with Gasteiger partial charge in [-0.3, -0.25) is 4.79 Å². The second-order valence-electron chi connectivity index (χ2n) is 7.62. The summed E-state index contributed by atoms with van der Waals surface area (Å²) in [5.74, 6) is -0.00701. The van der Waals surface area contributed by atoms with Crippen LogP contribution in [0.3, 0.4) is 0 Å². The topological polar surface area (TPSA) is 72.5 Å². The van der Waals surface area contributed by atoms with Crippen LogP contribution in [-0.4, -0.2) is 25.2 Å². The molecule has 1 atom stereocenters. The van der Waals surface area contributed by atoms with Crippen molar-refractivity contribution in [3.8, 4) is 0 Å². The Morgan fingerprint density at radius 2 is 1.73 bits per heavy atom. The van der Waals surface area contributed by atoms with Crippen molar-refractivity contribution < 1.29 is 17.9 Å². The van der Waals surface area contributed by atoms with E-state index in [0.717, 1.165) is 5.56 Å². The Bertz CT molecular complexity index is 1090. The van der Waals surface area contributed by atoms with E-state index in [-0.39, 0.29) is 11.0 Å². The van der Waals surface area contributed by atoms with Gasteiger partial charge in [-0.05, 0) is 45.0 Å². The molecule has 30 heavy (non-hydrogen) atoms. The molecule has 1 heterocycles. The quantitative estimate of drug-likeness (QED) is 0.721. The molecule has 0 spiro atoms. The molecular weight excluding hydrogens is 422 g/mol. The zero-order valence-corrected chi connectivity index (χ0v) is 18.6. The van der Waals surface area contributed by atoms with Crippen molar-refractivity contribution >= 4 is 33.1 Å². The molecular formula is C23H24ClNO4S. The molecule has 1 aliphatic rings. The minimum atomic E-state index is -3.94. The lowest BCUT2D eigenvalue weighted by atomic mass is 10.1. The van der Waals surface area contributed by atoms with Crippen molar-refractivity contribution in [1.29, 1.82) is 0 Å². The fourth-order valence-electron chi connectivity index (χ4n) is 2.94. The Hall–Kier alpha value is -2.57. The Labute approximate surface area is 182 Å². The molecule has 158 valence electrons. The van der Waals surface area contributed by atoms with Crippen molar-refractivity contribution in [3.63, 3.8) is 0 Å². The van der Waals surface area contributed by atoms with Crippen LogP contribution in [-0.2, 0) is 19.4 Å². The first-order chi connectivity index (χ1) is 14.1. The average Bonchev–Trinajstić information content (AvgIpc) is 2.90. The SMILES string of the molecule is CC1CC=C(NC(=O)C(C)(C)S(=O)(=O)c2ccc(Cl)cc2)C=C(c2ccccc2)O1. The highest BCUT2D eigenvalue weighted by molar-refractivity contribution is 7.93. The number of benzene rings is 2. The molecule has 0 radical (unpaired) electrons. The number of carbonyl (C=O) groups is 1. The highest BCUT2D eigenvalue weighted by atomic mass is 35.5. The third-order valence-electron chi connectivity index (χ3n) is 4.94. The van der Waals surface area contributed by atoms with Gasteiger partial charge in [0.15, 0.2) is 9.84 Å². The van der Waals surface area contributed by atoms with E-state index in [4.69, 9.17) is 16.3 Å². The summed E-state index contributed by atoms with van der Waals surface area (Å²) in [5.41, 5.74) is 1.38. The smallest absolute Gasteiger partial charge is 0.245 e. The van der Waals surface area contributed by atoms with Gasteiger partial charge in [-0.15, -0.1) is 0 Å². The van der Waals surface area contributed by atoms with Crippen LogP contribution < -0.4 is 5.32 Å². The van der Waals surface area contributed by atoms with Crippen molar-refractivity contribution in [3.05, 3.63) is 83.0 Å². The summed E-state index contributed by atoms with van der Waals surface area (Å²) < 4.78 is 30.5. The largest absolute Gasteiger partial charge is 0.490 e. The molecule has 0 aliphatic carbocycles. The van der Waals surface area contributed by atoms with E-state index >= 15 is 0 Å². The second kappa shape index (κ2) is 8.66. The van der Waals surface area contributed by atoms with E-state index in [2.05, 4.69) is 5.32 Å². The van der Waals surface area contributed by atoms with Crippen LogP contribution in [0.2, 0.25) is 5.02 Å². The van der Waals surface area contributed by atoms with Crippen LogP contribution in [0.4, 0.5) is 0 Å². The van der Waals surface area contributed by atoms with E-state index in [0.29, 0.717) is 22.9 Å². The summed E-state index contributed by atoms with van der Waals surface area (Å²) in [7, 11) is -3.94. The Kier molecular flexibility index (Phi) is 6.38. The van der Waals surface area contributed by atoms with Gasteiger partial charge in [-0.25, -0.2) is 8.42 Å². The molecule has 0 aromatic heterocycles. The maximum Gasteiger partial charge on any atom is 0.245 e. The summed E-state index contributed by atoms with van der Waals surface area (Å²) in [6.07, 6.45) is 4.05. The zero-order chi connectivity index (χ0) is 21.9. The van der Waals surface area contributed by atoms with Crippen molar-refractivity contribution in [2.45, 2.75) is 42.9 Å². The fraction of sp³-hybridized carbons (Fsp3) is 0.261. The normalized spacial score (nSPS) is 17.3. The lowest BCUT2D eigenvalue weighted by Gasteiger charge is -2.24. The van der Waals surface area contributed by atoms with Gasteiger partial charge in [0.25, 0.3) is 0 Å². The lowest BCUT2D eigenvalue weighted by Crippen LogP contribution is -2.47. The van der Waals surface area contributed by atoms with Crippen molar-refractivity contribution in [1.82, 2.24) is 5.32 Å². The summed E-state index contributed by atoms with van der Waals surface area (Å²) in [4.78, 5) is 13.1. The number of nitrogens with one attached hydrogen (secondary N) is 1. The van der Waals surface area contributed by atoms with E-state index in [1.165, 1.54) is 38.1 Å². The number of hydrogen-bond acceptors (Lipinski definition) is 4. The second-order valence-corrected chi connectivity index (χ2v) is 10.6. The number of hydrogen-bond donors (Lipinski definition) is 1. The molecule has 2 aromatic carbocycles. The van der Waals surface area contributed by atoms with E-state index in [1.54, 1.807) is 6.08 Å². The average molecular weight is 446 g/mol. The van der Waals surface area contributed by atoms with Crippen LogP contribution in [0, 0.1) is 0 Å². The summed E-state index contributed by atoms with van der Waals surface area (Å²) >= 11 is 5.86. The van der Waals surface area contributed by atoms with Crippen LogP contribution in [0.5, 0.6) is 0 Å². The van der Waals surface area contributed by atoms with Gasteiger partial charge >= 0.3 is 0 Å². The first kappa shape index (κ1) is 22.1. The molecule has 0 fully saturated rings. The minimum absolute atomic E-state index is 0.0411. The molecule has 1 amide bonds. The van der Waals surface area contributed by atoms with E-state index in [1.807, 2.05) is 43.3 Å². The van der Waals surface area contributed by atoms with E-state index in [9.17, 15) is 13.2 Å². The predicted octanol–water partition coefficient (Wildman–Crippen LogP) is 4.74. The van der Waals surface area contributed by atoms with Gasteiger partial charge < -0.3 is 10.1 Å². The zero-order valence-electron chi connectivity index (χ0n) is 17.1. The highest BCUT2D eigenvalue weighted by Gasteiger charge is 2.43. The van der Waals surface area contributed by atoms with Crippen LogP contribution in [0.15, 0.2) is 77.3 Å². The molecule has 5 nitrogen and oxygen atoms in total. The summed E-state index contributed by atoms with van der Waals surface area (Å²) in [6.45, 7) is 4.72. The first-order valence-electron chi connectivity index (χ1n) is 9.57. The van der Waals surface area contributed by atoms with Crippen molar-refractivity contribution in [2.24, 2.45) is 0 Å². The van der Waals surface area contributed by atoms with Crippen LogP contribution in [0.25, 0.3) is 5.76 Å². The standard InChI is InChI=1S/C23H24ClNO4S/c1-16-9-12-19(15-21(29-16)17-7-5-4-6-8-17)25-22(26)23(2,3)30(27,28)20-13-10-18(24)11-14-20/h4-8,10-16H,9H2,1-3H3,(H,25,26). The number of rotatable bonds is 5. The van der Waals surface area contributed by atoms with Crippen LogP contribution >= 0.6 is 11.6 Å². The van der Waals surface area contributed by atoms with Gasteiger partial charge in [-0.2, -0.15) is 0 Å². The monoisotopic (exact) mass is 445 g/mol. The number of allylic oxidation sites excluding steroid dienone is 1. The third kappa shape index (κ3) is 4.60. The molecule has 2 aromatic rings. The van der Waals surface area contributed by atoms with Gasteiger partial charge in [0.05, 0.1) is 11.0 Å². The maximum atomic E-state index is 13.1. The number of carbonyl (C=O) groups excluding carboxylic acids is 1. The lowest BCUT2D eigenvalue weighted by molar-refractivity contribution is -0.122. The van der Waals surface area contributed by atoms with Gasteiger partial charge in [0.1, 0.15) is 10.5 Å². The van der Waals surface area contributed by atoms with E-state index < -0.39 is 20.5 Å². The molecule has 0 saturated carbocycles. The molecule has 1 N–H and O–H groups in total. The van der Waals surface area contributed by atoms with Crippen molar-refractivity contribution in [2.75, 3.05) is 0 Å². The first-order valence-corrected chi connectivity index (χ1v) is 11.4. The molecule has 0 bridgehead atoms. The minimum Gasteiger partial charge on any atom is -0.490 e. The number of ether oxygens (including phenoxy) is 1. The number of sulfone groups is 1. The Balaban J connectivity index is 1.88. The Morgan fingerprint density at radius 1 is 1.10 bits per heavy atom. The van der Waals surface area contributed by atoms with Gasteiger partial charge in [0, 0.05) is 28.8 Å². The maximum absolute atomic E-state index is 13.1.